The average molecular weight is 324 g/mol. The van der Waals surface area contributed by atoms with Crippen molar-refractivity contribution in [2.75, 3.05) is 12.4 Å². The number of para-hydroxylation sites is 2. The summed E-state index contributed by atoms with van der Waals surface area (Å²) in [5.74, 6) is 1.75. The van der Waals surface area contributed by atoms with Crippen LogP contribution in [0, 0.1) is 0 Å². The molecule has 0 unspecified atom stereocenters. The summed E-state index contributed by atoms with van der Waals surface area (Å²) in [6.45, 7) is 0.111. The van der Waals surface area contributed by atoms with Crippen LogP contribution in [0.15, 0.2) is 61.2 Å². The minimum atomic E-state index is -0.182. The molecule has 0 atom stereocenters. The van der Waals surface area contributed by atoms with Gasteiger partial charge >= 0.3 is 0 Å². The third-order valence-electron chi connectivity index (χ3n) is 3.21. The first-order chi connectivity index (χ1) is 11.7. The molecule has 122 valence electrons. The highest BCUT2D eigenvalue weighted by Gasteiger charge is 2.06. The second-order valence-corrected chi connectivity index (χ2v) is 4.92. The number of aromatic nitrogens is 3. The van der Waals surface area contributed by atoms with E-state index < -0.39 is 0 Å². The monoisotopic (exact) mass is 324 g/mol. The summed E-state index contributed by atoms with van der Waals surface area (Å²) < 4.78 is 12.5. The summed E-state index contributed by atoms with van der Waals surface area (Å²) in [6.07, 6.45) is 2.88. The maximum absolute atomic E-state index is 11.9. The molecule has 0 bridgehead atoms. The lowest BCUT2D eigenvalue weighted by Crippen LogP contribution is -2.18. The Bertz CT molecular complexity index is 801. The zero-order valence-electron chi connectivity index (χ0n) is 13.0. The summed E-state index contributed by atoms with van der Waals surface area (Å²) in [5, 5.41) is 6.67. The van der Waals surface area contributed by atoms with Gasteiger partial charge < -0.3 is 14.8 Å². The van der Waals surface area contributed by atoms with Crippen molar-refractivity contribution in [2.45, 2.75) is 6.54 Å². The molecular formula is C17H16N4O3. The molecule has 1 heterocycles. The Morgan fingerprint density at radius 1 is 1.12 bits per heavy atom. The first-order valence-corrected chi connectivity index (χ1v) is 7.28. The number of nitrogens with one attached hydrogen (secondary N) is 1. The van der Waals surface area contributed by atoms with Crippen LogP contribution in [0.1, 0.15) is 0 Å². The molecule has 7 nitrogen and oxygen atoms in total. The fourth-order valence-corrected chi connectivity index (χ4v) is 2.10. The van der Waals surface area contributed by atoms with Gasteiger partial charge in [0.25, 0.3) is 0 Å². The quantitative estimate of drug-likeness (QED) is 0.754. The van der Waals surface area contributed by atoms with Gasteiger partial charge in [-0.2, -0.15) is 5.10 Å². The molecule has 0 radical (unpaired) electrons. The number of ether oxygens (including phenoxy) is 2. The zero-order valence-corrected chi connectivity index (χ0v) is 13.0. The zero-order chi connectivity index (χ0) is 16.8. The van der Waals surface area contributed by atoms with E-state index in [4.69, 9.17) is 9.47 Å². The predicted molar refractivity (Wildman–Crippen MR) is 88.2 cm³/mol. The van der Waals surface area contributed by atoms with Crippen LogP contribution in [0.3, 0.4) is 0 Å². The van der Waals surface area contributed by atoms with E-state index in [-0.39, 0.29) is 12.5 Å². The molecule has 0 aliphatic carbocycles. The maximum Gasteiger partial charge on any atom is 0.246 e. The van der Waals surface area contributed by atoms with Gasteiger partial charge in [-0.05, 0) is 36.4 Å². The van der Waals surface area contributed by atoms with Gasteiger partial charge in [0.05, 0.1) is 7.11 Å². The summed E-state index contributed by atoms with van der Waals surface area (Å²) in [4.78, 5) is 15.7. The van der Waals surface area contributed by atoms with Crippen LogP contribution in [-0.2, 0) is 11.3 Å². The topological polar surface area (TPSA) is 78.3 Å². The van der Waals surface area contributed by atoms with E-state index >= 15 is 0 Å². The summed E-state index contributed by atoms with van der Waals surface area (Å²) >= 11 is 0. The number of carbonyl (C=O) groups excluding carboxylic acids is 1. The highest BCUT2D eigenvalue weighted by Crippen LogP contribution is 2.31. The Hall–Kier alpha value is -3.35. The molecule has 0 aliphatic heterocycles. The van der Waals surface area contributed by atoms with Gasteiger partial charge in [-0.1, -0.05) is 12.1 Å². The van der Waals surface area contributed by atoms with Crippen LogP contribution in [0.4, 0.5) is 5.69 Å². The molecule has 0 fully saturated rings. The summed E-state index contributed by atoms with van der Waals surface area (Å²) in [5.41, 5.74) is 0.674. The lowest BCUT2D eigenvalue weighted by molar-refractivity contribution is -0.116. The standard InChI is InChI=1S/C17H16N4O3/c1-23-15-4-2-3-5-16(15)24-14-8-6-13(7-9-14)20-17(22)10-21-12-18-11-19-21/h2-9,11-12H,10H2,1H3,(H,20,22). The lowest BCUT2D eigenvalue weighted by atomic mass is 10.3. The van der Waals surface area contributed by atoms with Gasteiger partial charge in [0.2, 0.25) is 5.91 Å². The number of hydrogen-bond acceptors (Lipinski definition) is 5. The van der Waals surface area contributed by atoms with Crippen LogP contribution in [0.25, 0.3) is 0 Å². The van der Waals surface area contributed by atoms with Gasteiger partial charge in [0.1, 0.15) is 24.9 Å². The largest absolute Gasteiger partial charge is 0.493 e. The second-order valence-electron chi connectivity index (χ2n) is 4.92. The van der Waals surface area contributed by atoms with Gasteiger partial charge in [-0.3, -0.25) is 4.79 Å². The van der Waals surface area contributed by atoms with Crippen molar-refractivity contribution in [3.8, 4) is 17.2 Å². The predicted octanol–water partition coefficient (Wildman–Crippen LogP) is 2.72. The Kier molecular flexibility index (Phi) is 4.71. The molecule has 3 aromatic rings. The van der Waals surface area contributed by atoms with E-state index in [0.717, 1.165) is 0 Å². The van der Waals surface area contributed by atoms with Crippen LogP contribution >= 0.6 is 0 Å². The van der Waals surface area contributed by atoms with Gasteiger partial charge in [0, 0.05) is 5.69 Å². The van der Waals surface area contributed by atoms with Crippen LogP contribution in [-0.4, -0.2) is 27.8 Å². The number of benzene rings is 2. The van der Waals surface area contributed by atoms with Crippen molar-refractivity contribution < 1.29 is 14.3 Å². The molecule has 1 amide bonds. The second kappa shape index (κ2) is 7.28. The minimum Gasteiger partial charge on any atom is -0.493 e. The normalized spacial score (nSPS) is 10.2. The summed E-state index contributed by atoms with van der Waals surface area (Å²) in [6, 6.07) is 14.5. The number of methoxy groups -OCH3 is 1. The van der Waals surface area contributed by atoms with Crippen molar-refractivity contribution in [3.05, 3.63) is 61.2 Å². The fraction of sp³-hybridized carbons (Fsp3) is 0.118. The molecular weight excluding hydrogens is 308 g/mol. The third-order valence-corrected chi connectivity index (χ3v) is 3.21. The fourth-order valence-electron chi connectivity index (χ4n) is 2.10. The van der Waals surface area contributed by atoms with E-state index in [2.05, 4.69) is 15.4 Å². The molecule has 0 spiro atoms. The van der Waals surface area contributed by atoms with Gasteiger partial charge in [-0.25, -0.2) is 9.67 Å². The molecule has 24 heavy (non-hydrogen) atoms. The average Bonchev–Trinajstić information content (AvgIpc) is 3.10. The van der Waals surface area contributed by atoms with Crippen LogP contribution in [0.2, 0.25) is 0 Å². The number of carbonyl (C=O) groups is 1. The molecule has 0 saturated heterocycles. The number of anilines is 1. The number of nitrogens with zero attached hydrogens (tertiary/aromatic N) is 3. The van der Waals surface area contributed by atoms with Gasteiger partial charge in [-0.15, -0.1) is 0 Å². The molecule has 7 heteroatoms. The van der Waals surface area contributed by atoms with Crippen molar-refractivity contribution in [1.29, 1.82) is 0 Å². The van der Waals surface area contributed by atoms with Gasteiger partial charge in [0.15, 0.2) is 11.5 Å². The highest BCUT2D eigenvalue weighted by atomic mass is 16.5. The molecule has 2 aromatic carbocycles. The summed E-state index contributed by atoms with van der Waals surface area (Å²) in [7, 11) is 1.59. The van der Waals surface area contributed by atoms with Crippen LogP contribution < -0.4 is 14.8 Å². The SMILES string of the molecule is COc1ccccc1Oc1ccc(NC(=O)Cn2cncn2)cc1. The number of hydrogen-bond donors (Lipinski definition) is 1. The van der Waals surface area contributed by atoms with Crippen molar-refractivity contribution >= 4 is 11.6 Å². The maximum atomic E-state index is 11.9. The van der Waals surface area contributed by atoms with E-state index in [1.807, 2.05) is 24.3 Å². The third kappa shape index (κ3) is 3.89. The molecule has 3 rings (SSSR count). The minimum absolute atomic E-state index is 0.111. The van der Waals surface area contributed by atoms with Crippen molar-refractivity contribution in [3.63, 3.8) is 0 Å². The Balaban J connectivity index is 1.62. The number of amides is 1. The van der Waals surface area contributed by atoms with E-state index in [9.17, 15) is 4.79 Å². The Morgan fingerprint density at radius 3 is 2.54 bits per heavy atom. The number of rotatable bonds is 6. The van der Waals surface area contributed by atoms with Crippen molar-refractivity contribution in [1.82, 2.24) is 14.8 Å². The molecule has 1 N–H and O–H groups in total. The van der Waals surface area contributed by atoms with E-state index in [1.165, 1.54) is 17.3 Å². The highest BCUT2D eigenvalue weighted by molar-refractivity contribution is 5.90. The van der Waals surface area contributed by atoms with Crippen LogP contribution in [0.5, 0.6) is 17.2 Å². The lowest BCUT2D eigenvalue weighted by Gasteiger charge is -2.10. The molecule has 0 aliphatic rings. The molecule has 0 saturated carbocycles. The van der Waals surface area contributed by atoms with Crippen molar-refractivity contribution in [2.24, 2.45) is 0 Å². The molecule has 1 aromatic heterocycles. The Morgan fingerprint density at radius 2 is 1.88 bits per heavy atom. The smallest absolute Gasteiger partial charge is 0.246 e. The first-order valence-electron chi connectivity index (χ1n) is 7.28. The Labute approximate surface area is 138 Å². The van der Waals surface area contributed by atoms with E-state index in [0.29, 0.717) is 22.9 Å². The first kappa shape index (κ1) is 15.5. The van der Waals surface area contributed by atoms with E-state index in [1.54, 1.807) is 31.4 Å².